The smallest absolute Gasteiger partial charge is 0.320 e. The van der Waals surface area contributed by atoms with Crippen molar-refractivity contribution < 1.29 is 9.90 Å². The van der Waals surface area contributed by atoms with Crippen molar-refractivity contribution in [2.24, 2.45) is 5.92 Å². The summed E-state index contributed by atoms with van der Waals surface area (Å²) in [5.74, 6) is 0.0176. The number of carboxylic acid groups (broad SMARTS) is 1. The molecule has 1 aliphatic rings. The fraction of sp³-hybridized carbons (Fsp3) is 0.533. The molecule has 1 heterocycles. The molecule has 18 heavy (non-hydrogen) atoms. The molecule has 0 saturated carbocycles. The van der Waals surface area contributed by atoms with E-state index in [9.17, 15) is 9.90 Å². The van der Waals surface area contributed by atoms with Crippen LogP contribution in [0.25, 0.3) is 0 Å². The summed E-state index contributed by atoms with van der Waals surface area (Å²) in [7, 11) is 0. The van der Waals surface area contributed by atoms with Crippen LogP contribution in [0.3, 0.4) is 0 Å². The topological polar surface area (TPSA) is 40.5 Å². The third-order valence-electron chi connectivity index (χ3n) is 3.84. The first-order valence-electron chi connectivity index (χ1n) is 6.71. The van der Waals surface area contributed by atoms with Gasteiger partial charge in [0.15, 0.2) is 0 Å². The fourth-order valence-corrected chi connectivity index (χ4v) is 2.53. The van der Waals surface area contributed by atoms with Gasteiger partial charge in [-0.05, 0) is 24.3 Å². The molecule has 1 saturated heterocycles. The van der Waals surface area contributed by atoms with Gasteiger partial charge in [-0.3, -0.25) is 9.69 Å². The number of rotatable bonds is 6. The summed E-state index contributed by atoms with van der Waals surface area (Å²) < 4.78 is 0. The zero-order valence-electron chi connectivity index (χ0n) is 10.9. The first kappa shape index (κ1) is 13.1. The predicted octanol–water partition coefficient (Wildman–Crippen LogP) is 2.41. The molecule has 0 aliphatic carbocycles. The monoisotopic (exact) mass is 247 g/mol. The Morgan fingerprint density at radius 2 is 2.06 bits per heavy atom. The normalized spacial score (nSPS) is 18.3. The maximum Gasteiger partial charge on any atom is 0.320 e. The van der Waals surface area contributed by atoms with E-state index in [0.29, 0.717) is 12.3 Å². The molecule has 0 amide bonds. The van der Waals surface area contributed by atoms with Gasteiger partial charge in [0.25, 0.3) is 0 Å². The molecule has 3 nitrogen and oxygen atoms in total. The Morgan fingerprint density at radius 1 is 1.39 bits per heavy atom. The van der Waals surface area contributed by atoms with Crippen LogP contribution in [0.4, 0.5) is 0 Å². The largest absolute Gasteiger partial charge is 0.480 e. The first-order chi connectivity index (χ1) is 8.70. The molecule has 98 valence electrons. The molecule has 0 aromatic heterocycles. The van der Waals surface area contributed by atoms with E-state index in [2.05, 4.69) is 24.0 Å². The molecule has 1 aliphatic heterocycles. The molecular formula is C15H21NO2. The van der Waals surface area contributed by atoms with Gasteiger partial charge in [0.2, 0.25) is 0 Å². The molecule has 1 N–H and O–H groups in total. The molecule has 1 atom stereocenters. The lowest BCUT2D eigenvalue weighted by molar-refractivity contribution is -0.146. The summed E-state index contributed by atoms with van der Waals surface area (Å²) in [6.45, 7) is 4.06. The Hall–Kier alpha value is -1.35. The van der Waals surface area contributed by atoms with Crippen LogP contribution in [-0.2, 0) is 11.2 Å². The quantitative estimate of drug-likeness (QED) is 0.839. The molecule has 1 fully saturated rings. The average molecular weight is 247 g/mol. The fourth-order valence-electron chi connectivity index (χ4n) is 2.53. The Kier molecular flexibility index (Phi) is 4.37. The van der Waals surface area contributed by atoms with E-state index < -0.39 is 5.97 Å². The van der Waals surface area contributed by atoms with E-state index in [1.54, 1.807) is 0 Å². The van der Waals surface area contributed by atoms with E-state index in [0.717, 1.165) is 25.9 Å². The summed E-state index contributed by atoms with van der Waals surface area (Å²) in [4.78, 5) is 13.4. The summed E-state index contributed by atoms with van der Waals surface area (Å²) in [6, 6.07) is 9.80. The maximum atomic E-state index is 11.3. The molecule has 0 radical (unpaired) electrons. The van der Waals surface area contributed by atoms with Crippen molar-refractivity contribution in [1.82, 2.24) is 4.90 Å². The number of nitrogens with zero attached hydrogens (tertiary/aromatic N) is 1. The third kappa shape index (κ3) is 3.10. The summed E-state index contributed by atoms with van der Waals surface area (Å²) in [5.41, 5.74) is 1.22. The standard InChI is InChI=1S/C15H21NO2/c1-2-12-10-16(11-12)14(15(17)18)9-8-13-6-4-3-5-7-13/h3-7,12,14H,2,8-11H2,1H3,(H,17,18). The molecule has 1 aromatic rings. The zero-order chi connectivity index (χ0) is 13.0. The van der Waals surface area contributed by atoms with E-state index in [1.165, 1.54) is 5.56 Å². The Bertz CT molecular complexity index is 385. The van der Waals surface area contributed by atoms with Gasteiger partial charge in [0, 0.05) is 13.1 Å². The number of aryl methyl sites for hydroxylation is 1. The number of aliphatic carboxylic acids is 1. The van der Waals surface area contributed by atoms with Gasteiger partial charge < -0.3 is 5.11 Å². The second-order valence-electron chi connectivity index (χ2n) is 5.11. The molecule has 1 unspecified atom stereocenters. The van der Waals surface area contributed by atoms with Gasteiger partial charge in [0.1, 0.15) is 6.04 Å². The van der Waals surface area contributed by atoms with E-state index in [-0.39, 0.29) is 6.04 Å². The maximum absolute atomic E-state index is 11.3. The minimum Gasteiger partial charge on any atom is -0.480 e. The molecule has 1 aromatic carbocycles. The number of carbonyl (C=O) groups is 1. The number of hydrogen-bond acceptors (Lipinski definition) is 2. The second kappa shape index (κ2) is 6.01. The average Bonchev–Trinajstić information content (AvgIpc) is 2.32. The number of hydrogen-bond donors (Lipinski definition) is 1. The van der Waals surface area contributed by atoms with Crippen molar-refractivity contribution in [3.05, 3.63) is 35.9 Å². The highest BCUT2D eigenvalue weighted by molar-refractivity contribution is 5.73. The molecular weight excluding hydrogens is 226 g/mol. The Labute approximate surface area is 108 Å². The lowest BCUT2D eigenvalue weighted by Crippen LogP contribution is -2.54. The summed E-state index contributed by atoms with van der Waals surface area (Å²) in [6.07, 6.45) is 2.70. The van der Waals surface area contributed by atoms with Crippen molar-refractivity contribution in [3.8, 4) is 0 Å². The SMILES string of the molecule is CCC1CN(C(CCc2ccccc2)C(=O)O)C1. The van der Waals surface area contributed by atoms with Crippen LogP contribution in [0, 0.1) is 5.92 Å². The number of benzene rings is 1. The summed E-state index contributed by atoms with van der Waals surface area (Å²) in [5, 5.41) is 9.30. The van der Waals surface area contributed by atoms with Gasteiger partial charge in [-0.15, -0.1) is 0 Å². The molecule has 0 bridgehead atoms. The Balaban J connectivity index is 1.86. The number of carboxylic acids is 1. The van der Waals surface area contributed by atoms with Crippen LogP contribution < -0.4 is 0 Å². The van der Waals surface area contributed by atoms with Gasteiger partial charge in [0.05, 0.1) is 0 Å². The van der Waals surface area contributed by atoms with Gasteiger partial charge in [-0.1, -0.05) is 43.7 Å². The first-order valence-corrected chi connectivity index (χ1v) is 6.71. The van der Waals surface area contributed by atoms with Gasteiger partial charge in [-0.2, -0.15) is 0 Å². The van der Waals surface area contributed by atoms with Crippen LogP contribution in [0.5, 0.6) is 0 Å². The van der Waals surface area contributed by atoms with E-state index in [1.807, 2.05) is 18.2 Å². The van der Waals surface area contributed by atoms with Crippen molar-refractivity contribution >= 4 is 5.97 Å². The highest BCUT2D eigenvalue weighted by Gasteiger charge is 2.34. The lowest BCUT2D eigenvalue weighted by Gasteiger charge is -2.42. The second-order valence-corrected chi connectivity index (χ2v) is 5.11. The van der Waals surface area contributed by atoms with Crippen LogP contribution in [0.2, 0.25) is 0 Å². The van der Waals surface area contributed by atoms with Crippen molar-refractivity contribution in [1.29, 1.82) is 0 Å². The van der Waals surface area contributed by atoms with Gasteiger partial charge >= 0.3 is 5.97 Å². The minimum absolute atomic E-state index is 0.312. The highest BCUT2D eigenvalue weighted by Crippen LogP contribution is 2.23. The predicted molar refractivity (Wildman–Crippen MR) is 71.5 cm³/mol. The van der Waals surface area contributed by atoms with Crippen LogP contribution in [0.15, 0.2) is 30.3 Å². The van der Waals surface area contributed by atoms with Crippen molar-refractivity contribution in [3.63, 3.8) is 0 Å². The van der Waals surface area contributed by atoms with Crippen molar-refractivity contribution in [2.45, 2.75) is 32.2 Å². The Morgan fingerprint density at radius 3 is 2.61 bits per heavy atom. The van der Waals surface area contributed by atoms with Crippen LogP contribution >= 0.6 is 0 Å². The third-order valence-corrected chi connectivity index (χ3v) is 3.84. The van der Waals surface area contributed by atoms with E-state index in [4.69, 9.17) is 0 Å². The summed E-state index contributed by atoms with van der Waals surface area (Å²) >= 11 is 0. The highest BCUT2D eigenvalue weighted by atomic mass is 16.4. The lowest BCUT2D eigenvalue weighted by atomic mass is 9.93. The van der Waals surface area contributed by atoms with Gasteiger partial charge in [-0.25, -0.2) is 0 Å². The van der Waals surface area contributed by atoms with Crippen LogP contribution in [0.1, 0.15) is 25.3 Å². The molecule has 0 spiro atoms. The van der Waals surface area contributed by atoms with E-state index >= 15 is 0 Å². The zero-order valence-corrected chi connectivity index (χ0v) is 10.9. The van der Waals surface area contributed by atoms with Crippen molar-refractivity contribution in [2.75, 3.05) is 13.1 Å². The molecule has 2 rings (SSSR count). The molecule has 3 heteroatoms. The number of likely N-dealkylation sites (tertiary alicyclic amines) is 1. The minimum atomic E-state index is -0.680. The van der Waals surface area contributed by atoms with Crippen LogP contribution in [-0.4, -0.2) is 35.1 Å².